The maximum absolute atomic E-state index is 11.8. The number of carbonyl (C=O) groups excluding carboxylic acids is 1. The Kier molecular flexibility index (Phi) is 5.20. The molecule has 1 unspecified atom stereocenters. The van der Waals surface area contributed by atoms with Gasteiger partial charge in [0.1, 0.15) is 0 Å². The molecule has 0 aromatic heterocycles. The van der Waals surface area contributed by atoms with Crippen molar-refractivity contribution in [3.63, 3.8) is 0 Å². The van der Waals surface area contributed by atoms with Crippen molar-refractivity contribution in [1.29, 1.82) is 0 Å². The quantitative estimate of drug-likeness (QED) is 0.692. The molecule has 4 aliphatic rings. The van der Waals surface area contributed by atoms with E-state index in [1.165, 1.54) is 24.8 Å². The highest BCUT2D eigenvalue weighted by Gasteiger charge is 2.60. The molecule has 3 heteroatoms. The average Bonchev–Trinajstić information content (AvgIpc) is 2.78. The highest BCUT2D eigenvalue weighted by Crippen LogP contribution is 2.66. The molecule has 4 rings (SSSR count). The van der Waals surface area contributed by atoms with Gasteiger partial charge in [0, 0.05) is 13.0 Å². The highest BCUT2D eigenvalue weighted by atomic mass is 16.3. The normalized spacial score (nSPS) is 48.5. The molecule has 25 heavy (non-hydrogen) atoms. The Balaban J connectivity index is 0.000000569. The van der Waals surface area contributed by atoms with Crippen LogP contribution in [0.15, 0.2) is 11.6 Å². The first kappa shape index (κ1) is 19.1. The van der Waals surface area contributed by atoms with Crippen LogP contribution in [0.1, 0.15) is 72.6 Å². The molecule has 0 aromatic rings. The van der Waals surface area contributed by atoms with Crippen LogP contribution in [0.2, 0.25) is 0 Å². The van der Waals surface area contributed by atoms with Gasteiger partial charge in [-0.2, -0.15) is 0 Å². The summed E-state index contributed by atoms with van der Waals surface area (Å²) in [7, 11) is 0. The highest BCUT2D eigenvalue weighted by molar-refractivity contribution is 5.91. The zero-order chi connectivity index (χ0) is 18.4. The summed E-state index contributed by atoms with van der Waals surface area (Å²) < 4.78 is 0. The monoisotopic (exact) mass is 348 g/mol. The van der Waals surface area contributed by atoms with Crippen molar-refractivity contribution >= 4 is 5.78 Å². The third-order valence-electron chi connectivity index (χ3n) is 8.23. The number of ketones is 1. The summed E-state index contributed by atoms with van der Waals surface area (Å²) in [5.74, 6) is 3.15. The lowest BCUT2D eigenvalue weighted by atomic mass is 9.46. The van der Waals surface area contributed by atoms with E-state index in [2.05, 4.69) is 20.8 Å². The first-order valence-corrected chi connectivity index (χ1v) is 10.3. The first-order valence-electron chi connectivity index (χ1n) is 10.3. The zero-order valence-electron chi connectivity index (χ0n) is 16.4. The maximum atomic E-state index is 11.8. The number of hydrogen-bond donors (Lipinski definition) is 2. The predicted molar refractivity (Wildman–Crippen MR) is 100 cm³/mol. The van der Waals surface area contributed by atoms with Gasteiger partial charge in [-0.05, 0) is 86.0 Å². The summed E-state index contributed by atoms with van der Waals surface area (Å²) in [6.45, 7) is 9.07. The number of rotatable bonds is 0. The van der Waals surface area contributed by atoms with E-state index in [1.54, 1.807) is 6.92 Å². The van der Waals surface area contributed by atoms with Gasteiger partial charge in [-0.25, -0.2) is 0 Å². The Labute approximate surface area is 152 Å². The summed E-state index contributed by atoms with van der Waals surface area (Å²) >= 11 is 0. The molecule has 0 saturated heterocycles. The van der Waals surface area contributed by atoms with Gasteiger partial charge in [-0.15, -0.1) is 0 Å². The predicted octanol–water partition coefficient (Wildman–Crippen LogP) is 4.12. The van der Waals surface area contributed by atoms with Crippen molar-refractivity contribution in [3.05, 3.63) is 11.6 Å². The molecule has 142 valence electrons. The van der Waals surface area contributed by atoms with Crippen molar-refractivity contribution < 1.29 is 15.0 Å². The van der Waals surface area contributed by atoms with E-state index in [4.69, 9.17) is 5.11 Å². The molecular formula is C22H36O3. The molecule has 0 amide bonds. The van der Waals surface area contributed by atoms with Crippen LogP contribution >= 0.6 is 0 Å². The molecule has 3 nitrogen and oxygen atoms in total. The second kappa shape index (κ2) is 6.81. The zero-order valence-corrected chi connectivity index (χ0v) is 16.4. The minimum Gasteiger partial charge on any atom is -0.397 e. The van der Waals surface area contributed by atoms with Crippen LogP contribution in [0, 0.1) is 34.5 Å². The van der Waals surface area contributed by atoms with Crippen LogP contribution in [-0.4, -0.2) is 28.7 Å². The third-order valence-corrected chi connectivity index (χ3v) is 8.23. The molecule has 3 saturated carbocycles. The van der Waals surface area contributed by atoms with Gasteiger partial charge < -0.3 is 10.2 Å². The molecule has 2 N–H and O–H groups in total. The lowest BCUT2D eigenvalue weighted by Gasteiger charge is -2.58. The average molecular weight is 349 g/mol. The van der Waals surface area contributed by atoms with E-state index in [0.717, 1.165) is 37.5 Å². The summed E-state index contributed by atoms with van der Waals surface area (Å²) in [5, 5.41) is 18.2. The van der Waals surface area contributed by atoms with Crippen LogP contribution in [-0.2, 0) is 4.79 Å². The number of aliphatic hydroxyl groups is 2. The van der Waals surface area contributed by atoms with E-state index >= 15 is 0 Å². The number of carbonyl (C=O) groups is 1. The van der Waals surface area contributed by atoms with E-state index in [9.17, 15) is 9.90 Å². The van der Waals surface area contributed by atoms with Gasteiger partial charge in [-0.1, -0.05) is 26.3 Å². The Morgan fingerprint density at radius 1 is 1.20 bits per heavy atom. The van der Waals surface area contributed by atoms with Crippen LogP contribution in [0.5, 0.6) is 0 Å². The SMILES string of the molecule is CC1C[C@H](O)[C@@]2(C)CC[C@H]3[C@@H](CCC4=CC(=O)CC[C@@]43C)[C@H]12.CCO. The van der Waals surface area contributed by atoms with Gasteiger partial charge in [0.15, 0.2) is 5.78 Å². The number of fused-ring (bicyclic) bond motifs is 5. The maximum Gasteiger partial charge on any atom is 0.155 e. The van der Waals surface area contributed by atoms with Crippen molar-refractivity contribution in [2.45, 2.75) is 78.7 Å². The fraction of sp³-hybridized carbons (Fsp3) is 0.864. The Morgan fingerprint density at radius 3 is 2.56 bits per heavy atom. The first-order chi connectivity index (χ1) is 11.8. The summed E-state index contributed by atoms with van der Waals surface area (Å²) in [5.41, 5.74) is 1.84. The van der Waals surface area contributed by atoms with E-state index in [-0.39, 0.29) is 23.5 Å². The van der Waals surface area contributed by atoms with E-state index in [1.807, 2.05) is 6.08 Å². The van der Waals surface area contributed by atoms with Crippen molar-refractivity contribution in [3.8, 4) is 0 Å². The molecule has 7 atom stereocenters. The largest absolute Gasteiger partial charge is 0.397 e. The van der Waals surface area contributed by atoms with Crippen LogP contribution in [0.25, 0.3) is 0 Å². The van der Waals surface area contributed by atoms with Gasteiger partial charge in [0.25, 0.3) is 0 Å². The lowest BCUT2D eigenvalue weighted by molar-refractivity contribution is -0.118. The van der Waals surface area contributed by atoms with Crippen molar-refractivity contribution in [2.24, 2.45) is 34.5 Å². The second-order valence-electron chi connectivity index (χ2n) is 9.48. The van der Waals surface area contributed by atoms with Gasteiger partial charge in [-0.3, -0.25) is 4.79 Å². The van der Waals surface area contributed by atoms with E-state index in [0.29, 0.717) is 17.6 Å². The van der Waals surface area contributed by atoms with Crippen LogP contribution < -0.4 is 0 Å². The lowest BCUT2D eigenvalue weighted by Crippen LogP contribution is -2.52. The molecule has 0 heterocycles. The summed E-state index contributed by atoms with van der Waals surface area (Å²) in [4.78, 5) is 11.8. The van der Waals surface area contributed by atoms with Gasteiger partial charge in [0.2, 0.25) is 0 Å². The Bertz CT molecular complexity index is 553. The van der Waals surface area contributed by atoms with E-state index < -0.39 is 0 Å². The minimum absolute atomic E-state index is 0.105. The smallest absolute Gasteiger partial charge is 0.155 e. The Morgan fingerprint density at radius 2 is 1.88 bits per heavy atom. The van der Waals surface area contributed by atoms with Gasteiger partial charge >= 0.3 is 0 Å². The van der Waals surface area contributed by atoms with Crippen LogP contribution in [0.4, 0.5) is 0 Å². The summed E-state index contributed by atoms with van der Waals surface area (Å²) in [6, 6.07) is 0. The van der Waals surface area contributed by atoms with Gasteiger partial charge in [0.05, 0.1) is 6.10 Å². The Hall–Kier alpha value is -0.670. The molecule has 0 aromatic carbocycles. The summed E-state index contributed by atoms with van der Waals surface area (Å²) in [6.07, 6.45) is 9.41. The molecule has 0 radical (unpaired) electrons. The molecule has 0 spiro atoms. The molecule has 4 aliphatic carbocycles. The van der Waals surface area contributed by atoms with Crippen molar-refractivity contribution in [2.75, 3.05) is 6.61 Å². The second-order valence-corrected chi connectivity index (χ2v) is 9.48. The standard InChI is InChI=1S/C20H30O2.C2H6O/c1-12-10-17(22)20(3)9-7-16-15(18(12)20)5-4-13-11-14(21)6-8-19(13,16)2;1-2-3/h11-12,15-18,22H,4-10H2,1-3H3;3H,2H2,1H3/t12?,15-,16+,17+,18+,19+,20-;/m1./s1. The molecule has 0 bridgehead atoms. The molecule has 3 fully saturated rings. The fourth-order valence-electron chi connectivity index (χ4n) is 7.07. The number of aliphatic hydroxyl groups excluding tert-OH is 2. The molecular weight excluding hydrogens is 312 g/mol. The van der Waals surface area contributed by atoms with Crippen molar-refractivity contribution in [1.82, 2.24) is 0 Å². The molecule has 0 aliphatic heterocycles. The number of allylic oxidation sites excluding steroid dienone is 1. The number of hydrogen-bond acceptors (Lipinski definition) is 3. The minimum atomic E-state index is -0.105. The topological polar surface area (TPSA) is 57.5 Å². The fourth-order valence-corrected chi connectivity index (χ4v) is 7.07. The van der Waals surface area contributed by atoms with Crippen LogP contribution in [0.3, 0.4) is 0 Å². The third kappa shape index (κ3) is 2.92.